The average Bonchev–Trinajstić information content (AvgIpc) is 2.41. The van der Waals surface area contributed by atoms with Gasteiger partial charge >= 0.3 is 0 Å². The first-order valence-corrected chi connectivity index (χ1v) is 10.9. The third-order valence-corrected chi connectivity index (χ3v) is 7.22. The average molecular weight is 321 g/mol. The fourth-order valence-electron chi connectivity index (χ4n) is 3.48. The minimum absolute atomic E-state index is 0.273. The minimum atomic E-state index is -2.97. The van der Waals surface area contributed by atoms with Crippen molar-refractivity contribution in [3.8, 4) is 0 Å². The van der Waals surface area contributed by atoms with E-state index < -0.39 is 9.84 Å². The van der Waals surface area contributed by atoms with Crippen LogP contribution in [0.2, 0.25) is 0 Å². The molecule has 4 nitrogen and oxygen atoms in total. The van der Waals surface area contributed by atoms with Crippen LogP contribution in [0.25, 0.3) is 0 Å². The van der Waals surface area contributed by atoms with Crippen molar-refractivity contribution in [2.24, 2.45) is 5.92 Å². The third kappa shape index (κ3) is 4.36. The molecule has 2 fully saturated rings. The lowest BCUT2D eigenvalue weighted by molar-refractivity contribution is 0.166. The van der Waals surface area contributed by atoms with Crippen LogP contribution in [0.5, 0.6) is 0 Å². The minimum Gasteiger partial charge on any atom is -0.314 e. The zero-order valence-corrected chi connectivity index (χ0v) is 14.3. The van der Waals surface area contributed by atoms with Gasteiger partial charge in [0.05, 0.1) is 0 Å². The molecule has 0 amide bonds. The van der Waals surface area contributed by atoms with Gasteiger partial charge in [0.2, 0.25) is 0 Å². The van der Waals surface area contributed by atoms with Crippen molar-refractivity contribution in [3.05, 3.63) is 0 Å². The number of nitrogens with zero attached hydrogens (tertiary/aromatic N) is 1. The van der Waals surface area contributed by atoms with Crippen LogP contribution in [-0.2, 0) is 9.84 Å². The zero-order valence-electron chi connectivity index (χ0n) is 12.7. The van der Waals surface area contributed by atoms with Crippen molar-refractivity contribution in [3.63, 3.8) is 0 Å². The van der Waals surface area contributed by atoms with Gasteiger partial charge in [-0.05, 0) is 25.3 Å². The summed E-state index contributed by atoms with van der Waals surface area (Å²) in [5.74, 6) is 2.40. The van der Waals surface area contributed by atoms with Gasteiger partial charge in [-0.2, -0.15) is 11.8 Å². The van der Waals surface area contributed by atoms with Crippen molar-refractivity contribution in [1.29, 1.82) is 0 Å². The van der Waals surface area contributed by atoms with E-state index in [4.69, 9.17) is 0 Å². The molecule has 6 heteroatoms. The predicted octanol–water partition coefficient (Wildman–Crippen LogP) is 1.57. The van der Waals surface area contributed by atoms with E-state index in [1.165, 1.54) is 31.9 Å². The SMILES string of the molecule is CCNC1CCCCC1CN1CCSCC1S(C)(=O)=O. The van der Waals surface area contributed by atoms with E-state index in [1.807, 2.05) is 0 Å². The lowest BCUT2D eigenvalue weighted by Crippen LogP contribution is -2.52. The lowest BCUT2D eigenvalue weighted by atomic mass is 9.84. The summed E-state index contributed by atoms with van der Waals surface area (Å²) in [5, 5.41) is 3.32. The fourth-order valence-corrected chi connectivity index (χ4v) is 6.43. The number of rotatable bonds is 5. The predicted molar refractivity (Wildman–Crippen MR) is 87.0 cm³/mol. The first kappa shape index (κ1) is 16.6. The Balaban J connectivity index is 2.01. The van der Waals surface area contributed by atoms with Gasteiger partial charge in [0.15, 0.2) is 9.84 Å². The summed E-state index contributed by atoms with van der Waals surface area (Å²) in [6.45, 7) is 5.02. The molecule has 1 saturated heterocycles. The quantitative estimate of drug-likeness (QED) is 0.833. The Morgan fingerprint density at radius 3 is 2.75 bits per heavy atom. The van der Waals surface area contributed by atoms with Gasteiger partial charge in [0.1, 0.15) is 5.37 Å². The van der Waals surface area contributed by atoms with E-state index in [2.05, 4.69) is 17.1 Å². The van der Waals surface area contributed by atoms with E-state index >= 15 is 0 Å². The van der Waals surface area contributed by atoms with E-state index in [0.717, 1.165) is 31.1 Å². The molecule has 20 heavy (non-hydrogen) atoms. The molecule has 1 aliphatic carbocycles. The topological polar surface area (TPSA) is 49.4 Å². The highest BCUT2D eigenvalue weighted by Crippen LogP contribution is 2.28. The molecule has 1 aliphatic heterocycles. The van der Waals surface area contributed by atoms with Crippen LogP contribution in [0.1, 0.15) is 32.6 Å². The van der Waals surface area contributed by atoms with Gasteiger partial charge in [-0.15, -0.1) is 0 Å². The van der Waals surface area contributed by atoms with Gasteiger partial charge in [0, 0.05) is 36.9 Å². The Labute approximate surface area is 128 Å². The molecule has 2 aliphatic rings. The Morgan fingerprint density at radius 2 is 2.05 bits per heavy atom. The molecule has 0 aromatic carbocycles. The maximum absolute atomic E-state index is 12.0. The fraction of sp³-hybridized carbons (Fsp3) is 1.00. The summed E-state index contributed by atoms with van der Waals surface area (Å²) >= 11 is 1.77. The van der Waals surface area contributed by atoms with Gasteiger partial charge in [0.25, 0.3) is 0 Å². The molecule has 0 aromatic rings. The second-order valence-electron chi connectivity index (χ2n) is 6.06. The van der Waals surface area contributed by atoms with Crippen LogP contribution in [0, 0.1) is 5.92 Å². The number of thioether (sulfide) groups is 1. The number of nitrogens with one attached hydrogen (secondary N) is 1. The molecule has 3 atom stereocenters. The molecule has 3 unspecified atom stereocenters. The summed E-state index contributed by atoms with van der Waals surface area (Å²) in [6.07, 6.45) is 6.46. The second kappa shape index (κ2) is 7.47. The summed E-state index contributed by atoms with van der Waals surface area (Å²) in [4.78, 5) is 2.23. The van der Waals surface area contributed by atoms with E-state index in [1.54, 1.807) is 11.8 Å². The molecule has 0 spiro atoms. The molecule has 0 aromatic heterocycles. The first-order chi connectivity index (χ1) is 9.52. The van der Waals surface area contributed by atoms with Gasteiger partial charge in [-0.3, -0.25) is 4.90 Å². The zero-order chi connectivity index (χ0) is 14.6. The molecule has 2 rings (SSSR count). The molecular weight excluding hydrogens is 292 g/mol. The van der Waals surface area contributed by atoms with Crippen molar-refractivity contribution < 1.29 is 8.42 Å². The largest absolute Gasteiger partial charge is 0.314 e. The first-order valence-electron chi connectivity index (χ1n) is 7.76. The Morgan fingerprint density at radius 1 is 1.30 bits per heavy atom. The summed E-state index contributed by atoms with van der Waals surface area (Å²) < 4.78 is 24.0. The van der Waals surface area contributed by atoms with Crippen LogP contribution in [0.3, 0.4) is 0 Å². The summed E-state index contributed by atoms with van der Waals surface area (Å²) in [7, 11) is -2.97. The molecule has 1 heterocycles. The highest BCUT2D eigenvalue weighted by molar-refractivity contribution is 8.00. The highest BCUT2D eigenvalue weighted by atomic mass is 32.2. The second-order valence-corrected chi connectivity index (χ2v) is 9.42. The van der Waals surface area contributed by atoms with Crippen LogP contribution < -0.4 is 5.32 Å². The third-order valence-electron chi connectivity index (χ3n) is 4.53. The molecular formula is C14H28N2O2S2. The van der Waals surface area contributed by atoms with E-state index in [-0.39, 0.29) is 5.37 Å². The Hall–Kier alpha value is 0.220. The number of hydrogen-bond acceptors (Lipinski definition) is 5. The molecule has 0 radical (unpaired) electrons. The van der Waals surface area contributed by atoms with Crippen LogP contribution in [0.4, 0.5) is 0 Å². The normalized spacial score (nSPS) is 33.2. The van der Waals surface area contributed by atoms with Crippen molar-refractivity contribution in [1.82, 2.24) is 10.2 Å². The standard InChI is InChI=1S/C14H28N2O2S2/c1-3-15-13-7-5-4-6-12(13)10-16-8-9-19-11-14(16)20(2,17)18/h12-15H,3-11H2,1-2H3. The van der Waals surface area contributed by atoms with E-state index in [9.17, 15) is 8.42 Å². The lowest BCUT2D eigenvalue weighted by Gasteiger charge is -2.40. The van der Waals surface area contributed by atoms with Gasteiger partial charge in [-0.25, -0.2) is 8.42 Å². The highest BCUT2D eigenvalue weighted by Gasteiger charge is 2.34. The van der Waals surface area contributed by atoms with Crippen LogP contribution >= 0.6 is 11.8 Å². The Bertz CT molecular complexity index is 398. The van der Waals surface area contributed by atoms with Crippen molar-refractivity contribution in [2.75, 3.05) is 37.4 Å². The maximum Gasteiger partial charge on any atom is 0.164 e. The van der Waals surface area contributed by atoms with Gasteiger partial charge < -0.3 is 5.32 Å². The Kier molecular flexibility index (Phi) is 6.20. The molecule has 118 valence electrons. The van der Waals surface area contributed by atoms with E-state index in [0.29, 0.717) is 12.0 Å². The summed E-state index contributed by atoms with van der Waals surface area (Å²) in [5.41, 5.74) is 0. The van der Waals surface area contributed by atoms with Crippen molar-refractivity contribution >= 4 is 21.6 Å². The van der Waals surface area contributed by atoms with Crippen LogP contribution in [-0.4, -0.2) is 62.1 Å². The number of sulfone groups is 1. The van der Waals surface area contributed by atoms with Gasteiger partial charge in [-0.1, -0.05) is 19.8 Å². The summed E-state index contributed by atoms with van der Waals surface area (Å²) in [6, 6.07) is 0.573. The molecule has 1 saturated carbocycles. The maximum atomic E-state index is 12.0. The molecule has 0 bridgehead atoms. The van der Waals surface area contributed by atoms with Crippen LogP contribution in [0.15, 0.2) is 0 Å². The molecule has 1 N–H and O–H groups in total. The number of hydrogen-bond donors (Lipinski definition) is 1. The smallest absolute Gasteiger partial charge is 0.164 e. The van der Waals surface area contributed by atoms with Crippen molar-refractivity contribution in [2.45, 2.75) is 44.0 Å². The monoisotopic (exact) mass is 320 g/mol.